The van der Waals surface area contributed by atoms with Gasteiger partial charge in [0.15, 0.2) is 138 Å². The molecule has 5 heterocycles. The molecule has 556 valence electrons. The zero-order valence-corrected chi connectivity index (χ0v) is 53.0. The first-order valence-corrected chi connectivity index (χ1v) is 30.2. The molecule has 0 radical (unpaired) electrons. The Kier molecular flexibility index (Phi) is 22.1. The maximum atomic E-state index is 13.8. The fourth-order valence-electron chi connectivity index (χ4n) is 10.9. The van der Waals surface area contributed by atoms with Gasteiger partial charge in [0, 0.05) is 77.2 Å². The van der Waals surface area contributed by atoms with Crippen molar-refractivity contribution < 1.29 is 133 Å². The number of alkyl halides is 3. The summed E-state index contributed by atoms with van der Waals surface area (Å²) >= 11 is 0. The largest absolute Gasteiger partial charge is 0.473 e. The summed E-state index contributed by atoms with van der Waals surface area (Å²) in [6, 6.07) is 21.8. The first kappa shape index (κ1) is 75.6. The molecule has 10 aromatic rings. The normalized spacial score (nSPS) is 14.0. The van der Waals surface area contributed by atoms with Gasteiger partial charge in [-0.1, -0.05) is 6.07 Å². The van der Waals surface area contributed by atoms with Gasteiger partial charge in [0.1, 0.15) is 57.7 Å². The minimum absolute atomic E-state index is 0.0141. The number of fused-ring (bicyclic) bond motifs is 5. The molecule has 0 saturated carbocycles. The van der Waals surface area contributed by atoms with E-state index in [-0.39, 0.29) is 140 Å². The lowest BCUT2D eigenvalue weighted by Crippen LogP contribution is -2.33. The average molecular weight is 1520 g/mol. The molecular formula is C71H42F25N5O5. The van der Waals surface area contributed by atoms with E-state index in [1.54, 1.807) is 4.90 Å². The Morgan fingerprint density at radius 3 is 1.08 bits per heavy atom. The van der Waals surface area contributed by atoms with Gasteiger partial charge in [-0.2, -0.15) is 13.2 Å². The van der Waals surface area contributed by atoms with Gasteiger partial charge in [-0.25, -0.2) is 96.6 Å². The number of ether oxygens (including phenoxy) is 5. The van der Waals surface area contributed by atoms with Crippen LogP contribution in [0.5, 0.6) is 28.7 Å². The van der Waals surface area contributed by atoms with Crippen molar-refractivity contribution in [2.24, 2.45) is 0 Å². The van der Waals surface area contributed by atoms with Crippen molar-refractivity contribution in [1.82, 2.24) is 0 Å². The Balaban J connectivity index is 0.000000132. The van der Waals surface area contributed by atoms with E-state index in [4.69, 9.17) is 23.7 Å². The van der Waals surface area contributed by atoms with Crippen LogP contribution < -0.4 is 48.2 Å². The number of nitrogens with zero attached hydrogens (tertiary/aromatic N) is 5. The van der Waals surface area contributed by atoms with E-state index in [9.17, 15) is 110 Å². The van der Waals surface area contributed by atoms with Crippen molar-refractivity contribution in [3.05, 3.63) is 295 Å². The molecule has 0 atom stereocenters. The summed E-state index contributed by atoms with van der Waals surface area (Å²) in [4.78, 5) is 6.62. The van der Waals surface area contributed by atoms with Crippen LogP contribution in [0.15, 0.2) is 133 Å². The lowest BCUT2D eigenvalue weighted by molar-refractivity contribution is -0.137. The third-order valence-corrected chi connectivity index (χ3v) is 16.2. The van der Waals surface area contributed by atoms with Crippen LogP contribution in [0.4, 0.5) is 138 Å². The Morgan fingerprint density at radius 2 is 0.623 bits per heavy atom. The predicted octanol–water partition coefficient (Wildman–Crippen LogP) is 19.3. The molecule has 0 unspecified atom stereocenters. The van der Waals surface area contributed by atoms with Gasteiger partial charge in [0.05, 0.1) is 66.2 Å². The van der Waals surface area contributed by atoms with Gasteiger partial charge in [-0.15, -0.1) is 0 Å². The molecule has 0 aromatic heterocycles. The summed E-state index contributed by atoms with van der Waals surface area (Å²) in [7, 11) is 0. The molecular weight excluding hydrogens is 1480 g/mol. The van der Waals surface area contributed by atoms with E-state index in [1.165, 1.54) is 57.2 Å². The number of benzene rings is 10. The zero-order chi connectivity index (χ0) is 76.5. The van der Waals surface area contributed by atoms with E-state index in [0.29, 0.717) is 23.9 Å². The Hall–Kier alpha value is -11.6. The maximum Gasteiger partial charge on any atom is 0.416 e. The van der Waals surface area contributed by atoms with Crippen LogP contribution >= 0.6 is 0 Å². The van der Waals surface area contributed by atoms with Gasteiger partial charge in [-0.3, -0.25) is 0 Å². The summed E-state index contributed by atoms with van der Waals surface area (Å²) in [5.74, 6) is -26.9. The van der Waals surface area contributed by atoms with Crippen molar-refractivity contribution in [1.29, 1.82) is 0 Å². The predicted molar refractivity (Wildman–Crippen MR) is 327 cm³/mol. The second kappa shape index (κ2) is 31.0. The van der Waals surface area contributed by atoms with E-state index >= 15 is 0 Å². The van der Waals surface area contributed by atoms with E-state index in [2.05, 4.69) is 0 Å². The van der Waals surface area contributed by atoms with Crippen molar-refractivity contribution in [3.63, 3.8) is 0 Å². The molecule has 10 aromatic carbocycles. The summed E-state index contributed by atoms with van der Waals surface area (Å²) in [6.07, 6.45) is -4.52. The lowest BCUT2D eigenvalue weighted by Gasteiger charge is -2.31. The smallest absolute Gasteiger partial charge is 0.416 e. The Morgan fingerprint density at radius 1 is 0.255 bits per heavy atom. The number of rotatable bonds is 5. The van der Waals surface area contributed by atoms with Crippen LogP contribution in [0.25, 0.3) is 0 Å². The molecule has 0 bridgehead atoms. The average Bonchev–Trinajstić information content (AvgIpc) is 0.739. The van der Waals surface area contributed by atoms with Crippen LogP contribution in [0.2, 0.25) is 0 Å². The topological polar surface area (TPSA) is 62.3 Å². The molecule has 0 amide bonds. The van der Waals surface area contributed by atoms with Crippen molar-refractivity contribution in [3.8, 4) is 28.7 Å². The standard InChI is InChI=1S/C15H9F6NO.3C14H8F5NO.C14H9F4NO/c16-11-5-12-10(13(17)14(11)18)6-22(7-23-12)9-3-1-2-8(4-9)15(19,20)21;15-8-2-11(18)14(12(19)3-8)20-5-7-1-9(16)10(17)4-13(7)21-6-20;15-7-1-2-11(9(16)3-7)20-5-8-12(21-6-20)4-10(17)14(19)13(8)18;15-9-2-1-7(3-10(9)16)20-5-8-12(21-6-20)4-11(17)14(19)13(8)18;15-8-1-3-9(4-2-8)19-6-10-12(20-7-19)5-11(16)14(18)13(10)17/h1-5H,6-7H2;3*1-4H,5-6H2;1-5H,6-7H2. The number of anilines is 5. The summed E-state index contributed by atoms with van der Waals surface area (Å²) in [5, 5.41) is 0. The summed E-state index contributed by atoms with van der Waals surface area (Å²) in [5.41, 5.74) is -0.854. The fraction of sp³-hybridized carbons (Fsp3) is 0.155. The van der Waals surface area contributed by atoms with Gasteiger partial charge in [0.25, 0.3) is 0 Å². The summed E-state index contributed by atoms with van der Waals surface area (Å²) < 4.78 is 356. The molecule has 5 aliphatic heterocycles. The monoisotopic (exact) mass is 1520 g/mol. The van der Waals surface area contributed by atoms with Gasteiger partial charge in [-0.05, 0) is 72.8 Å². The Labute approximate surface area is 580 Å². The molecule has 10 nitrogen and oxygen atoms in total. The van der Waals surface area contributed by atoms with E-state index < -0.39 is 145 Å². The SMILES string of the molecule is Fc1cc(F)c(N2COc3cc(F)c(F)cc3C2)c(F)c1.Fc1cc2c(c(F)c1F)CN(c1cccc(C(F)(F)F)c1)CO2.Fc1ccc(N2COc3cc(F)c(F)c(F)c3C2)c(F)c1.Fc1ccc(N2COc3cc(F)c(F)c(F)c3C2)cc1.Fc1ccc(N2COc3cc(F)c(F)c(F)c3C2)cc1F. The minimum atomic E-state index is -4.52. The van der Waals surface area contributed by atoms with Crippen LogP contribution in [0, 0.1) is 128 Å². The van der Waals surface area contributed by atoms with Gasteiger partial charge >= 0.3 is 6.18 Å². The summed E-state index contributed by atoms with van der Waals surface area (Å²) in [6.45, 7) is -1.43. The highest BCUT2D eigenvalue weighted by molar-refractivity contribution is 5.57. The van der Waals surface area contributed by atoms with Crippen molar-refractivity contribution in [2.45, 2.75) is 38.9 Å². The van der Waals surface area contributed by atoms with Gasteiger partial charge < -0.3 is 48.2 Å². The van der Waals surface area contributed by atoms with Crippen LogP contribution in [0.1, 0.15) is 33.4 Å². The third-order valence-electron chi connectivity index (χ3n) is 16.2. The van der Waals surface area contributed by atoms with Gasteiger partial charge in [0.2, 0.25) is 0 Å². The quantitative estimate of drug-likeness (QED) is 0.123. The molecule has 0 spiro atoms. The molecule has 106 heavy (non-hydrogen) atoms. The highest BCUT2D eigenvalue weighted by atomic mass is 19.4. The maximum absolute atomic E-state index is 13.8. The molecule has 0 N–H and O–H groups in total. The molecule has 0 saturated heterocycles. The second-order valence-corrected chi connectivity index (χ2v) is 23.0. The first-order valence-electron chi connectivity index (χ1n) is 30.2. The fourth-order valence-corrected chi connectivity index (χ4v) is 10.9. The van der Waals surface area contributed by atoms with Crippen LogP contribution in [0.3, 0.4) is 0 Å². The minimum Gasteiger partial charge on any atom is -0.473 e. The van der Waals surface area contributed by atoms with E-state index in [0.717, 1.165) is 77.7 Å². The molecule has 5 aliphatic rings. The number of hydrogen-bond acceptors (Lipinski definition) is 10. The highest BCUT2D eigenvalue weighted by Crippen LogP contribution is 2.40. The van der Waals surface area contributed by atoms with Crippen LogP contribution in [-0.4, -0.2) is 33.7 Å². The zero-order valence-electron chi connectivity index (χ0n) is 53.0. The lowest BCUT2D eigenvalue weighted by atomic mass is 10.1. The second-order valence-electron chi connectivity index (χ2n) is 23.0. The van der Waals surface area contributed by atoms with E-state index in [1.807, 2.05) is 0 Å². The van der Waals surface area contributed by atoms with Crippen molar-refractivity contribution in [2.75, 3.05) is 58.2 Å². The third kappa shape index (κ3) is 16.4. The first-order chi connectivity index (χ1) is 50.2. The van der Waals surface area contributed by atoms with Crippen LogP contribution in [-0.2, 0) is 38.9 Å². The Bertz CT molecular complexity index is 4980. The molecule has 0 fully saturated rings. The number of hydrogen-bond donors (Lipinski definition) is 0. The highest BCUT2D eigenvalue weighted by Gasteiger charge is 2.35. The van der Waals surface area contributed by atoms with Crippen molar-refractivity contribution >= 4 is 28.4 Å². The molecule has 0 aliphatic carbocycles. The number of halogens is 25. The molecule has 15 rings (SSSR count). The molecule has 35 heteroatoms.